The second-order valence-corrected chi connectivity index (χ2v) is 5.19. The molecule has 0 saturated heterocycles. The molecule has 2 rings (SSSR count). The minimum atomic E-state index is -4.45. The Morgan fingerprint density at radius 3 is 2.65 bits per heavy atom. The van der Waals surface area contributed by atoms with Crippen molar-refractivity contribution in [3.05, 3.63) is 51.8 Å². The smallest absolute Gasteiger partial charge is 0.319 e. The molecule has 1 atom stereocenters. The molecule has 20 heavy (non-hydrogen) atoms. The number of hydrogen-bond acceptors (Lipinski definition) is 2. The van der Waals surface area contributed by atoms with Crippen LogP contribution in [0.1, 0.15) is 29.8 Å². The molecular weight excluding hydrogens is 335 g/mol. The number of alkyl halides is 3. The zero-order valence-corrected chi connectivity index (χ0v) is 12.2. The summed E-state index contributed by atoms with van der Waals surface area (Å²) in [4.78, 5) is 0. The van der Waals surface area contributed by atoms with Crippen LogP contribution in [0.3, 0.4) is 0 Å². The molecule has 1 unspecified atom stereocenters. The zero-order valence-electron chi connectivity index (χ0n) is 10.7. The van der Waals surface area contributed by atoms with Gasteiger partial charge in [0.1, 0.15) is 0 Å². The van der Waals surface area contributed by atoms with Crippen LogP contribution in [-0.2, 0) is 12.7 Å². The maximum absolute atomic E-state index is 13.1. The van der Waals surface area contributed by atoms with Crippen LogP contribution in [-0.4, -0.2) is 9.78 Å². The van der Waals surface area contributed by atoms with E-state index in [0.717, 1.165) is 6.07 Å². The van der Waals surface area contributed by atoms with Gasteiger partial charge in [0.05, 0.1) is 17.3 Å². The quantitative estimate of drug-likeness (QED) is 0.919. The van der Waals surface area contributed by atoms with Crippen LogP contribution in [0.25, 0.3) is 0 Å². The first-order chi connectivity index (χ1) is 9.34. The first-order valence-corrected chi connectivity index (χ1v) is 6.77. The summed E-state index contributed by atoms with van der Waals surface area (Å²) in [5, 5.41) is 4.04. The summed E-state index contributed by atoms with van der Waals surface area (Å²) in [6.07, 6.45) is -2.92. The Morgan fingerprint density at radius 1 is 1.35 bits per heavy atom. The van der Waals surface area contributed by atoms with Crippen LogP contribution < -0.4 is 5.73 Å². The van der Waals surface area contributed by atoms with Crippen molar-refractivity contribution in [3.8, 4) is 0 Å². The van der Waals surface area contributed by atoms with Crippen molar-refractivity contribution >= 4 is 15.9 Å². The molecule has 0 radical (unpaired) electrons. The largest absolute Gasteiger partial charge is 0.416 e. The maximum atomic E-state index is 13.1. The summed E-state index contributed by atoms with van der Waals surface area (Å²) in [5.41, 5.74) is 5.87. The molecule has 2 N–H and O–H groups in total. The molecule has 1 heterocycles. The van der Waals surface area contributed by atoms with Crippen LogP contribution in [0.15, 0.2) is 34.9 Å². The third-order valence-corrected chi connectivity index (χ3v) is 3.52. The highest BCUT2D eigenvalue weighted by atomic mass is 79.9. The van der Waals surface area contributed by atoms with Crippen molar-refractivity contribution < 1.29 is 13.2 Å². The molecule has 0 aliphatic heterocycles. The summed E-state index contributed by atoms with van der Waals surface area (Å²) in [7, 11) is 0. The monoisotopic (exact) mass is 347 g/mol. The second kappa shape index (κ2) is 5.57. The van der Waals surface area contributed by atoms with Crippen molar-refractivity contribution in [2.24, 2.45) is 5.73 Å². The molecule has 3 nitrogen and oxygen atoms in total. The first-order valence-electron chi connectivity index (χ1n) is 5.98. The van der Waals surface area contributed by atoms with Gasteiger partial charge in [0, 0.05) is 17.2 Å². The van der Waals surface area contributed by atoms with Gasteiger partial charge in [0.2, 0.25) is 0 Å². The SMILES string of the molecule is CCn1nccc1C(N)c1ccc(Br)cc1C(F)(F)F. The van der Waals surface area contributed by atoms with E-state index in [1.807, 2.05) is 6.92 Å². The second-order valence-electron chi connectivity index (χ2n) is 4.28. The van der Waals surface area contributed by atoms with E-state index in [9.17, 15) is 13.2 Å². The van der Waals surface area contributed by atoms with Gasteiger partial charge in [-0.1, -0.05) is 22.0 Å². The average Bonchev–Trinajstić information content (AvgIpc) is 2.85. The van der Waals surface area contributed by atoms with Crippen LogP contribution in [0.5, 0.6) is 0 Å². The number of rotatable bonds is 3. The highest BCUT2D eigenvalue weighted by Crippen LogP contribution is 2.37. The van der Waals surface area contributed by atoms with E-state index >= 15 is 0 Å². The minimum absolute atomic E-state index is 0.0379. The molecular formula is C13H13BrF3N3. The van der Waals surface area contributed by atoms with Crippen molar-refractivity contribution in [1.29, 1.82) is 0 Å². The van der Waals surface area contributed by atoms with Crippen LogP contribution in [0.4, 0.5) is 13.2 Å². The van der Waals surface area contributed by atoms with Crippen molar-refractivity contribution in [2.45, 2.75) is 25.7 Å². The Labute approximate surface area is 122 Å². The van der Waals surface area contributed by atoms with Gasteiger partial charge in [0.15, 0.2) is 0 Å². The van der Waals surface area contributed by atoms with Gasteiger partial charge >= 0.3 is 6.18 Å². The number of nitrogens with two attached hydrogens (primary N) is 1. The Kier molecular flexibility index (Phi) is 4.19. The van der Waals surface area contributed by atoms with Crippen LogP contribution in [0, 0.1) is 0 Å². The van der Waals surface area contributed by atoms with Crippen molar-refractivity contribution in [1.82, 2.24) is 9.78 Å². The van der Waals surface area contributed by atoms with Gasteiger partial charge in [0.25, 0.3) is 0 Å². The topological polar surface area (TPSA) is 43.8 Å². The standard InChI is InChI=1S/C13H13BrF3N3/c1-2-20-11(5-6-19-20)12(18)9-4-3-8(14)7-10(9)13(15,16)17/h3-7,12H,2,18H2,1H3. The number of nitrogens with zero attached hydrogens (tertiary/aromatic N) is 2. The van der Waals surface area contributed by atoms with Crippen LogP contribution >= 0.6 is 15.9 Å². The first kappa shape index (κ1) is 15.1. The Hall–Kier alpha value is -1.34. The fourth-order valence-corrected chi connectivity index (χ4v) is 2.44. The van der Waals surface area contributed by atoms with Gasteiger partial charge in [-0.2, -0.15) is 18.3 Å². The zero-order chi connectivity index (χ0) is 14.9. The van der Waals surface area contributed by atoms with Crippen molar-refractivity contribution in [2.75, 3.05) is 0 Å². The fourth-order valence-electron chi connectivity index (χ4n) is 2.08. The summed E-state index contributed by atoms with van der Waals surface area (Å²) >= 11 is 3.06. The fraction of sp³-hybridized carbons (Fsp3) is 0.308. The number of benzene rings is 1. The minimum Gasteiger partial charge on any atom is -0.319 e. The summed E-state index contributed by atoms with van der Waals surface area (Å²) < 4.78 is 41.3. The molecule has 0 aliphatic carbocycles. The van der Waals surface area contributed by atoms with Gasteiger partial charge in [-0.05, 0) is 30.7 Å². The number of aryl methyl sites for hydroxylation is 1. The third-order valence-electron chi connectivity index (χ3n) is 3.02. The summed E-state index contributed by atoms with van der Waals surface area (Å²) in [6, 6.07) is 4.75. The lowest BCUT2D eigenvalue weighted by atomic mass is 9.98. The van der Waals surface area contributed by atoms with Gasteiger partial charge in [-0.25, -0.2) is 0 Å². The average molecular weight is 348 g/mol. The van der Waals surface area contributed by atoms with E-state index in [4.69, 9.17) is 5.73 Å². The van der Waals surface area contributed by atoms with Crippen LogP contribution in [0.2, 0.25) is 0 Å². The highest BCUT2D eigenvalue weighted by Gasteiger charge is 2.35. The van der Waals surface area contributed by atoms with E-state index in [1.165, 1.54) is 12.3 Å². The Bertz CT molecular complexity index is 607. The number of halogens is 4. The molecule has 0 fully saturated rings. The molecule has 0 bridgehead atoms. The van der Waals surface area contributed by atoms with Gasteiger partial charge < -0.3 is 5.73 Å². The van der Waals surface area contributed by atoms with E-state index < -0.39 is 17.8 Å². The molecule has 0 saturated carbocycles. The molecule has 1 aromatic heterocycles. The molecule has 0 spiro atoms. The van der Waals surface area contributed by atoms with Crippen molar-refractivity contribution in [3.63, 3.8) is 0 Å². The molecule has 108 valence electrons. The molecule has 0 amide bonds. The lowest BCUT2D eigenvalue weighted by Gasteiger charge is -2.19. The molecule has 1 aromatic carbocycles. The molecule has 0 aliphatic rings. The summed E-state index contributed by atoms with van der Waals surface area (Å²) in [6.45, 7) is 2.41. The number of hydrogen-bond donors (Lipinski definition) is 1. The predicted octanol–water partition coefficient (Wildman–Crippen LogP) is 3.73. The lowest BCUT2D eigenvalue weighted by Crippen LogP contribution is -2.21. The van der Waals surface area contributed by atoms with E-state index in [0.29, 0.717) is 16.7 Å². The van der Waals surface area contributed by atoms with E-state index in [1.54, 1.807) is 16.8 Å². The Morgan fingerprint density at radius 2 is 2.05 bits per heavy atom. The lowest BCUT2D eigenvalue weighted by molar-refractivity contribution is -0.138. The number of aromatic nitrogens is 2. The Balaban J connectivity index is 2.52. The van der Waals surface area contributed by atoms with Gasteiger partial charge in [-0.3, -0.25) is 4.68 Å². The maximum Gasteiger partial charge on any atom is 0.416 e. The van der Waals surface area contributed by atoms with E-state index in [-0.39, 0.29) is 5.56 Å². The molecule has 2 aromatic rings. The summed E-state index contributed by atoms with van der Waals surface area (Å²) in [5.74, 6) is 0. The predicted molar refractivity (Wildman–Crippen MR) is 73.1 cm³/mol. The van der Waals surface area contributed by atoms with E-state index in [2.05, 4.69) is 21.0 Å². The molecule has 7 heteroatoms. The third kappa shape index (κ3) is 2.88. The highest BCUT2D eigenvalue weighted by molar-refractivity contribution is 9.10. The normalized spacial score (nSPS) is 13.5. The van der Waals surface area contributed by atoms with Gasteiger partial charge in [-0.15, -0.1) is 0 Å².